The molecule has 0 saturated heterocycles. The fourth-order valence-corrected chi connectivity index (χ4v) is 1.40. The fraction of sp³-hybridized carbons (Fsp3) is 0.417. The van der Waals surface area contributed by atoms with E-state index in [1.807, 2.05) is 30.3 Å². The summed E-state index contributed by atoms with van der Waals surface area (Å²) in [6, 6.07) is 10.1. The van der Waals surface area contributed by atoms with Crippen molar-refractivity contribution >= 4 is 6.29 Å². The maximum Gasteiger partial charge on any atom is 0.123 e. The van der Waals surface area contributed by atoms with Crippen LogP contribution in [0.5, 0.6) is 0 Å². The molecule has 0 aliphatic rings. The number of carbonyl (C=O) groups is 1. The van der Waals surface area contributed by atoms with E-state index >= 15 is 0 Å². The smallest absolute Gasteiger partial charge is 0.123 e. The van der Waals surface area contributed by atoms with Crippen molar-refractivity contribution in [1.29, 1.82) is 0 Å². The Morgan fingerprint density at radius 1 is 1.36 bits per heavy atom. The van der Waals surface area contributed by atoms with Gasteiger partial charge in [0.25, 0.3) is 0 Å². The zero-order chi connectivity index (χ0) is 10.2. The highest BCUT2D eigenvalue weighted by atomic mass is 16.5. The van der Waals surface area contributed by atoms with Gasteiger partial charge in [0.1, 0.15) is 6.29 Å². The molecule has 1 unspecified atom stereocenters. The van der Waals surface area contributed by atoms with E-state index < -0.39 is 0 Å². The van der Waals surface area contributed by atoms with Gasteiger partial charge < -0.3 is 9.53 Å². The number of rotatable bonds is 6. The predicted octanol–water partition coefficient (Wildman–Crippen LogP) is 2.08. The number of benzene rings is 1. The highest BCUT2D eigenvalue weighted by Gasteiger charge is 2.07. The molecule has 0 N–H and O–H groups in total. The maximum atomic E-state index is 10.8. The first kappa shape index (κ1) is 10.9. The summed E-state index contributed by atoms with van der Waals surface area (Å²) in [6.45, 7) is 0.649. The van der Waals surface area contributed by atoms with Crippen LogP contribution in [-0.2, 0) is 16.0 Å². The van der Waals surface area contributed by atoms with E-state index in [-0.39, 0.29) is 5.92 Å². The molecule has 1 aromatic rings. The van der Waals surface area contributed by atoms with Crippen LogP contribution in [0.15, 0.2) is 30.3 Å². The predicted molar refractivity (Wildman–Crippen MR) is 56.2 cm³/mol. The Bertz CT molecular complexity index is 256. The Hall–Kier alpha value is -1.15. The molecule has 1 atom stereocenters. The number of methoxy groups -OCH3 is 1. The third-order valence-electron chi connectivity index (χ3n) is 2.23. The zero-order valence-corrected chi connectivity index (χ0v) is 8.48. The molecule has 0 spiro atoms. The summed E-state index contributed by atoms with van der Waals surface area (Å²) in [6.07, 6.45) is 2.63. The second-order valence-electron chi connectivity index (χ2n) is 3.37. The Balaban J connectivity index is 2.44. The van der Waals surface area contributed by atoms with E-state index in [1.165, 1.54) is 5.56 Å². The lowest BCUT2D eigenvalue weighted by Gasteiger charge is -2.08. The average molecular weight is 192 g/mol. The molecular weight excluding hydrogens is 176 g/mol. The summed E-state index contributed by atoms with van der Waals surface area (Å²) in [5, 5.41) is 0. The van der Waals surface area contributed by atoms with Crippen molar-refractivity contribution in [3.05, 3.63) is 35.9 Å². The first-order chi connectivity index (χ1) is 6.86. The number of hydrogen-bond acceptors (Lipinski definition) is 2. The quantitative estimate of drug-likeness (QED) is 0.645. The topological polar surface area (TPSA) is 26.3 Å². The van der Waals surface area contributed by atoms with Gasteiger partial charge in [0.05, 0.1) is 0 Å². The van der Waals surface area contributed by atoms with Crippen LogP contribution in [0.2, 0.25) is 0 Å². The molecule has 0 aliphatic heterocycles. The van der Waals surface area contributed by atoms with Gasteiger partial charge in [0.2, 0.25) is 0 Å². The fourth-order valence-electron chi connectivity index (χ4n) is 1.40. The summed E-state index contributed by atoms with van der Waals surface area (Å²) in [5.41, 5.74) is 1.21. The summed E-state index contributed by atoms with van der Waals surface area (Å²) in [5.74, 6) is 0.0809. The molecule has 2 heteroatoms. The lowest BCUT2D eigenvalue weighted by Crippen LogP contribution is -2.09. The minimum Gasteiger partial charge on any atom is -0.385 e. The SMILES string of the molecule is COCCC(C=O)Cc1ccccc1. The number of aldehydes is 1. The summed E-state index contributed by atoms with van der Waals surface area (Å²) in [4.78, 5) is 10.8. The number of ether oxygens (including phenoxy) is 1. The summed E-state index contributed by atoms with van der Waals surface area (Å²) in [7, 11) is 1.66. The molecular formula is C12H16O2. The van der Waals surface area contributed by atoms with Crippen molar-refractivity contribution in [2.24, 2.45) is 5.92 Å². The molecule has 76 valence electrons. The monoisotopic (exact) mass is 192 g/mol. The molecule has 0 saturated carbocycles. The number of carbonyl (C=O) groups excluding carboxylic acids is 1. The average Bonchev–Trinajstić information content (AvgIpc) is 2.25. The second-order valence-corrected chi connectivity index (χ2v) is 3.37. The Kier molecular flexibility index (Phi) is 4.94. The molecule has 0 radical (unpaired) electrons. The van der Waals surface area contributed by atoms with Crippen LogP contribution in [0, 0.1) is 5.92 Å². The van der Waals surface area contributed by atoms with Crippen LogP contribution in [-0.4, -0.2) is 20.0 Å². The van der Waals surface area contributed by atoms with Gasteiger partial charge in [0, 0.05) is 19.6 Å². The molecule has 0 amide bonds. The second kappa shape index (κ2) is 6.33. The molecule has 14 heavy (non-hydrogen) atoms. The van der Waals surface area contributed by atoms with E-state index in [2.05, 4.69) is 0 Å². The highest BCUT2D eigenvalue weighted by Crippen LogP contribution is 2.09. The van der Waals surface area contributed by atoms with Crippen molar-refractivity contribution in [3.63, 3.8) is 0 Å². The third kappa shape index (κ3) is 3.71. The van der Waals surface area contributed by atoms with Crippen molar-refractivity contribution in [2.45, 2.75) is 12.8 Å². The standard InChI is InChI=1S/C12H16O2/c1-14-8-7-12(10-13)9-11-5-3-2-4-6-11/h2-6,10,12H,7-9H2,1H3. The van der Waals surface area contributed by atoms with E-state index in [9.17, 15) is 4.79 Å². The van der Waals surface area contributed by atoms with E-state index in [1.54, 1.807) is 7.11 Å². The van der Waals surface area contributed by atoms with Crippen LogP contribution >= 0.6 is 0 Å². The zero-order valence-electron chi connectivity index (χ0n) is 8.48. The Morgan fingerprint density at radius 3 is 2.64 bits per heavy atom. The molecule has 0 aromatic heterocycles. The first-order valence-electron chi connectivity index (χ1n) is 4.85. The van der Waals surface area contributed by atoms with E-state index in [0.717, 1.165) is 19.1 Å². The van der Waals surface area contributed by atoms with Crippen LogP contribution in [0.1, 0.15) is 12.0 Å². The van der Waals surface area contributed by atoms with Crippen molar-refractivity contribution in [2.75, 3.05) is 13.7 Å². The van der Waals surface area contributed by atoms with Crippen LogP contribution in [0.25, 0.3) is 0 Å². The molecule has 1 rings (SSSR count). The maximum absolute atomic E-state index is 10.8. The highest BCUT2D eigenvalue weighted by molar-refractivity contribution is 5.54. The molecule has 1 aromatic carbocycles. The first-order valence-corrected chi connectivity index (χ1v) is 4.85. The summed E-state index contributed by atoms with van der Waals surface area (Å²) < 4.78 is 4.95. The van der Waals surface area contributed by atoms with Crippen molar-refractivity contribution in [1.82, 2.24) is 0 Å². The van der Waals surface area contributed by atoms with Gasteiger partial charge in [0.15, 0.2) is 0 Å². The molecule has 0 heterocycles. The van der Waals surface area contributed by atoms with Crippen molar-refractivity contribution < 1.29 is 9.53 Å². The molecule has 2 nitrogen and oxygen atoms in total. The molecule has 0 bridgehead atoms. The van der Waals surface area contributed by atoms with Crippen molar-refractivity contribution in [3.8, 4) is 0 Å². The minimum absolute atomic E-state index is 0.0809. The van der Waals surface area contributed by atoms with Gasteiger partial charge in [-0.1, -0.05) is 30.3 Å². The number of hydrogen-bond donors (Lipinski definition) is 0. The van der Waals surface area contributed by atoms with Gasteiger partial charge >= 0.3 is 0 Å². The van der Waals surface area contributed by atoms with Crippen LogP contribution in [0.3, 0.4) is 0 Å². The van der Waals surface area contributed by atoms with Gasteiger partial charge in [-0.3, -0.25) is 0 Å². The van der Waals surface area contributed by atoms with Gasteiger partial charge in [-0.25, -0.2) is 0 Å². The third-order valence-corrected chi connectivity index (χ3v) is 2.23. The molecule has 0 fully saturated rings. The largest absolute Gasteiger partial charge is 0.385 e. The molecule has 0 aliphatic carbocycles. The summed E-state index contributed by atoms with van der Waals surface area (Å²) >= 11 is 0. The minimum atomic E-state index is 0.0809. The van der Waals surface area contributed by atoms with Crippen LogP contribution < -0.4 is 0 Å². The normalized spacial score (nSPS) is 12.4. The van der Waals surface area contributed by atoms with Gasteiger partial charge in [-0.15, -0.1) is 0 Å². The lowest BCUT2D eigenvalue weighted by atomic mass is 9.98. The Labute approximate surface area is 84.9 Å². The van der Waals surface area contributed by atoms with E-state index in [4.69, 9.17) is 4.74 Å². The Morgan fingerprint density at radius 2 is 2.07 bits per heavy atom. The van der Waals surface area contributed by atoms with Gasteiger partial charge in [-0.2, -0.15) is 0 Å². The van der Waals surface area contributed by atoms with E-state index in [0.29, 0.717) is 6.61 Å². The lowest BCUT2D eigenvalue weighted by molar-refractivity contribution is -0.111. The van der Waals surface area contributed by atoms with Gasteiger partial charge in [-0.05, 0) is 18.4 Å². The van der Waals surface area contributed by atoms with Crippen LogP contribution in [0.4, 0.5) is 0 Å².